The third-order valence-corrected chi connectivity index (χ3v) is 6.69. The van der Waals surface area contributed by atoms with Crippen molar-refractivity contribution < 1.29 is 0 Å². The maximum atomic E-state index is 10.1. The lowest BCUT2D eigenvalue weighted by atomic mass is 9.55. The molecule has 0 saturated carbocycles. The molecule has 29 heavy (non-hydrogen) atoms. The Morgan fingerprint density at radius 3 is 2.21 bits per heavy atom. The van der Waals surface area contributed by atoms with Crippen LogP contribution in [0, 0.1) is 51.2 Å². The van der Waals surface area contributed by atoms with E-state index in [0.29, 0.717) is 11.5 Å². The van der Waals surface area contributed by atoms with Gasteiger partial charge in [-0.05, 0) is 46.8 Å². The minimum absolute atomic E-state index is 0.0166. The first kappa shape index (κ1) is 20.7. The van der Waals surface area contributed by atoms with Gasteiger partial charge in [0.15, 0.2) is 5.41 Å². The van der Waals surface area contributed by atoms with Crippen molar-refractivity contribution in [3.63, 3.8) is 0 Å². The van der Waals surface area contributed by atoms with Gasteiger partial charge in [0, 0.05) is 5.92 Å². The molecule has 2 aliphatic carbocycles. The van der Waals surface area contributed by atoms with Gasteiger partial charge in [0.25, 0.3) is 0 Å². The van der Waals surface area contributed by atoms with E-state index < -0.39 is 5.41 Å². The van der Waals surface area contributed by atoms with E-state index in [9.17, 15) is 15.8 Å². The zero-order chi connectivity index (χ0) is 21.4. The average molecular weight is 385 g/mol. The highest BCUT2D eigenvalue weighted by Crippen LogP contribution is 2.56. The zero-order valence-corrected chi connectivity index (χ0v) is 17.7. The minimum Gasteiger partial charge on any atom is -0.399 e. The van der Waals surface area contributed by atoms with Crippen molar-refractivity contribution in [2.24, 2.45) is 23.0 Å². The van der Waals surface area contributed by atoms with Crippen LogP contribution >= 0.6 is 0 Å². The molecule has 0 aromatic heterocycles. The van der Waals surface area contributed by atoms with Gasteiger partial charge in [0.1, 0.15) is 6.07 Å². The second-order valence-electron chi connectivity index (χ2n) is 9.29. The van der Waals surface area contributed by atoms with Gasteiger partial charge in [-0.15, -0.1) is 0 Å². The van der Waals surface area contributed by atoms with E-state index in [4.69, 9.17) is 5.73 Å². The summed E-state index contributed by atoms with van der Waals surface area (Å²) in [5.74, 6) is 0.0362. The van der Waals surface area contributed by atoms with Crippen molar-refractivity contribution in [2.45, 2.75) is 58.3 Å². The smallest absolute Gasteiger partial charge is 0.191 e. The second kappa shape index (κ2) is 7.42. The quantitative estimate of drug-likeness (QED) is 0.756. The number of nitriles is 3. The summed E-state index contributed by atoms with van der Waals surface area (Å²) in [6.45, 7) is 8.64. The highest BCUT2D eigenvalue weighted by molar-refractivity contribution is 5.59. The van der Waals surface area contributed by atoms with Crippen LogP contribution in [0.15, 0.2) is 47.2 Å². The largest absolute Gasteiger partial charge is 0.399 e. The molecule has 2 aliphatic rings. The number of hydrogen-bond acceptors (Lipinski definition) is 4. The molecule has 2 N–H and O–H groups in total. The Balaban J connectivity index is 2.25. The first-order valence-electron chi connectivity index (χ1n) is 10.3. The number of fused-ring (bicyclic) bond motifs is 1. The van der Waals surface area contributed by atoms with Crippen LogP contribution in [0.5, 0.6) is 0 Å². The fraction of sp³-hybridized carbons (Fsp3) is 0.480. The lowest BCUT2D eigenvalue weighted by molar-refractivity contribution is 0.271. The van der Waals surface area contributed by atoms with Crippen molar-refractivity contribution in [1.29, 1.82) is 15.8 Å². The molecule has 1 aromatic rings. The molecule has 0 radical (unpaired) electrons. The summed E-state index contributed by atoms with van der Waals surface area (Å²) in [5.41, 5.74) is 8.33. The Labute approximate surface area is 173 Å². The van der Waals surface area contributed by atoms with E-state index in [1.165, 1.54) is 5.56 Å². The van der Waals surface area contributed by atoms with E-state index in [2.05, 4.69) is 64.1 Å². The summed E-state index contributed by atoms with van der Waals surface area (Å²) in [4.78, 5) is 0. The molecule has 4 nitrogen and oxygen atoms in total. The number of allylic oxidation sites excluding steroid dienone is 4. The van der Waals surface area contributed by atoms with Gasteiger partial charge < -0.3 is 5.73 Å². The molecule has 0 heterocycles. The summed E-state index contributed by atoms with van der Waals surface area (Å²) in [6.07, 6.45) is 4.91. The van der Waals surface area contributed by atoms with Crippen LogP contribution in [0.4, 0.5) is 0 Å². The summed E-state index contributed by atoms with van der Waals surface area (Å²) in [6, 6.07) is 14.9. The molecule has 1 aromatic carbocycles. The van der Waals surface area contributed by atoms with Crippen LogP contribution in [0.1, 0.15) is 64.0 Å². The topological polar surface area (TPSA) is 97.4 Å². The predicted octanol–water partition coefficient (Wildman–Crippen LogP) is 5.21. The minimum atomic E-state index is -1.54. The molecule has 3 atom stereocenters. The maximum Gasteiger partial charge on any atom is 0.191 e. The van der Waals surface area contributed by atoms with E-state index in [1.807, 2.05) is 12.1 Å². The summed E-state index contributed by atoms with van der Waals surface area (Å²) >= 11 is 0. The van der Waals surface area contributed by atoms with Crippen LogP contribution in [-0.4, -0.2) is 0 Å². The van der Waals surface area contributed by atoms with Crippen molar-refractivity contribution >= 4 is 0 Å². The van der Waals surface area contributed by atoms with E-state index in [0.717, 1.165) is 30.4 Å². The average Bonchev–Trinajstić information content (AvgIpc) is 2.72. The number of nitrogens with two attached hydrogens (primary N) is 1. The van der Waals surface area contributed by atoms with E-state index >= 15 is 0 Å². The highest BCUT2D eigenvalue weighted by Gasteiger charge is 2.54. The third kappa shape index (κ3) is 3.22. The second-order valence-corrected chi connectivity index (χ2v) is 9.29. The Morgan fingerprint density at radius 2 is 1.72 bits per heavy atom. The molecular formula is C25H28N4. The fourth-order valence-electron chi connectivity index (χ4n) is 4.87. The molecular weight excluding hydrogens is 356 g/mol. The van der Waals surface area contributed by atoms with E-state index in [-0.39, 0.29) is 22.9 Å². The molecule has 0 saturated heterocycles. The van der Waals surface area contributed by atoms with Gasteiger partial charge in [-0.25, -0.2) is 0 Å². The number of hydrogen-bond donors (Lipinski definition) is 1. The maximum absolute atomic E-state index is 10.1. The highest BCUT2D eigenvalue weighted by atomic mass is 14.7. The molecule has 148 valence electrons. The van der Waals surface area contributed by atoms with Gasteiger partial charge in [-0.3, -0.25) is 0 Å². The molecule has 0 spiro atoms. The van der Waals surface area contributed by atoms with Crippen molar-refractivity contribution in [3.05, 3.63) is 58.3 Å². The zero-order valence-electron chi connectivity index (χ0n) is 17.7. The molecule has 4 heteroatoms. The van der Waals surface area contributed by atoms with Gasteiger partial charge in [0.2, 0.25) is 0 Å². The molecule has 3 rings (SSSR count). The van der Waals surface area contributed by atoms with Gasteiger partial charge in [0.05, 0.1) is 23.4 Å². The van der Waals surface area contributed by atoms with Crippen LogP contribution in [-0.2, 0) is 5.41 Å². The Hall–Kier alpha value is -3.03. The molecule has 0 bridgehead atoms. The Bertz CT molecular complexity index is 970. The summed E-state index contributed by atoms with van der Waals surface area (Å²) in [5, 5.41) is 30.1. The number of nitrogens with zero attached hydrogens (tertiary/aromatic N) is 3. The first-order valence-corrected chi connectivity index (χ1v) is 10.3. The van der Waals surface area contributed by atoms with Crippen molar-refractivity contribution in [3.8, 4) is 18.2 Å². The summed E-state index contributed by atoms with van der Waals surface area (Å²) < 4.78 is 0. The van der Waals surface area contributed by atoms with Crippen LogP contribution < -0.4 is 5.73 Å². The van der Waals surface area contributed by atoms with Gasteiger partial charge in [-0.1, -0.05) is 64.5 Å². The predicted molar refractivity (Wildman–Crippen MR) is 113 cm³/mol. The number of rotatable bonds is 2. The van der Waals surface area contributed by atoms with Gasteiger partial charge in [-0.2, -0.15) is 15.8 Å². The van der Waals surface area contributed by atoms with Crippen LogP contribution in [0.2, 0.25) is 0 Å². The fourth-order valence-corrected chi connectivity index (χ4v) is 4.87. The Kier molecular flexibility index (Phi) is 5.30. The van der Waals surface area contributed by atoms with Gasteiger partial charge >= 0.3 is 0 Å². The lowest BCUT2D eigenvalue weighted by Crippen LogP contribution is -2.43. The van der Waals surface area contributed by atoms with Crippen LogP contribution in [0.25, 0.3) is 0 Å². The summed E-state index contributed by atoms with van der Waals surface area (Å²) in [7, 11) is 0. The van der Waals surface area contributed by atoms with Crippen LogP contribution in [0.3, 0.4) is 0 Å². The molecule has 0 unspecified atom stereocenters. The van der Waals surface area contributed by atoms with Crippen molar-refractivity contribution in [1.82, 2.24) is 0 Å². The number of benzene rings is 1. The molecule has 0 aliphatic heterocycles. The first-order chi connectivity index (χ1) is 13.7. The molecule has 0 fully saturated rings. The van der Waals surface area contributed by atoms with E-state index in [1.54, 1.807) is 0 Å². The molecule has 0 amide bonds. The normalized spacial score (nSPS) is 25.8. The lowest BCUT2D eigenvalue weighted by Gasteiger charge is -2.45. The SMILES string of the molecule is CC[C@@H]1CC=C2C(C#N)=C(N)C(C#N)(C#N)[C@H](c3ccc(C(C)(C)C)cc3)[C@H]2C1. The van der Waals surface area contributed by atoms with Crippen molar-refractivity contribution in [2.75, 3.05) is 0 Å². The Morgan fingerprint density at radius 1 is 1.10 bits per heavy atom. The monoisotopic (exact) mass is 384 g/mol. The standard InChI is InChI=1S/C25H28N4/c1-5-16-6-11-19-20(12-16)22(17-7-9-18(10-8-17)24(2,3)4)25(14-27,15-28)23(29)21(19)13-26/h7-11,16,20,22H,5-6,12,29H2,1-4H3/t16-,20+,22-/m1/s1. The third-order valence-electron chi connectivity index (χ3n) is 6.69.